The topological polar surface area (TPSA) is 96.0 Å². The van der Waals surface area contributed by atoms with Gasteiger partial charge in [0.2, 0.25) is 5.60 Å². The Hall–Kier alpha value is -2.70. The van der Waals surface area contributed by atoms with Crippen LogP contribution in [0.2, 0.25) is 0 Å². The van der Waals surface area contributed by atoms with E-state index >= 15 is 0 Å². The molecule has 7 nitrogen and oxygen atoms in total. The van der Waals surface area contributed by atoms with Gasteiger partial charge in [-0.3, -0.25) is 9.59 Å². The Kier molecular flexibility index (Phi) is 5.28. The second-order valence-electron chi connectivity index (χ2n) is 8.14. The number of carbonyl (C=O) groups is 4. The number of hydrogen-bond donors (Lipinski definition) is 0. The van der Waals surface area contributed by atoms with Crippen molar-refractivity contribution >= 4 is 23.7 Å². The van der Waals surface area contributed by atoms with Crippen molar-refractivity contribution in [1.29, 1.82) is 0 Å². The van der Waals surface area contributed by atoms with Crippen LogP contribution in [0.3, 0.4) is 0 Å². The Balaban J connectivity index is 2.11. The molecule has 5 atom stereocenters. The number of ketones is 1. The number of allylic oxidation sites excluding steroid dienone is 2. The largest absolute Gasteiger partial charge is 0.462 e. The molecule has 156 valence electrons. The van der Waals surface area contributed by atoms with Crippen molar-refractivity contribution in [1.82, 2.24) is 0 Å². The quantitative estimate of drug-likeness (QED) is 0.407. The lowest BCUT2D eigenvalue weighted by Gasteiger charge is -2.34. The number of rotatable bonds is 3. The van der Waals surface area contributed by atoms with E-state index in [0.29, 0.717) is 11.1 Å². The van der Waals surface area contributed by atoms with Gasteiger partial charge in [0.05, 0.1) is 5.92 Å². The molecule has 5 unspecified atom stereocenters. The van der Waals surface area contributed by atoms with Crippen LogP contribution in [-0.2, 0) is 33.4 Å². The molecule has 0 radical (unpaired) electrons. The van der Waals surface area contributed by atoms with Gasteiger partial charge in [-0.15, -0.1) is 0 Å². The van der Waals surface area contributed by atoms with E-state index in [-0.39, 0.29) is 12.2 Å². The van der Waals surface area contributed by atoms with Crippen molar-refractivity contribution in [2.45, 2.75) is 65.8 Å². The van der Waals surface area contributed by atoms with E-state index < -0.39 is 47.6 Å². The first-order valence-electron chi connectivity index (χ1n) is 9.68. The lowest BCUT2D eigenvalue weighted by atomic mass is 9.77. The fourth-order valence-corrected chi connectivity index (χ4v) is 4.63. The maximum absolute atomic E-state index is 12.9. The van der Waals surface area contributed by atoms with Crippen LogP contribution in [-0.4, -0.2) is 41.5 Å². The third-order valence-corrected chi connectivity index (χ3v) is 6.14. The molecule has 7 heteroatoms. The highest BCUT2D eigenvalue weighted by molar-refractivity contribution is 6.09. The molecule has 0 bridgehead atoms. The third kappa shape index (κ3) is 3.32. The fourth-order valence-electron chi connectivity index (χ4n) is 4.63. The molecule has 1 aliphatic heterocycles. The summed E-state index contributed by atoms with van der Waals surface area (Å²) in [4.78, 5) is 49.8. The first-order chi connectivity index (χ1) is 13.5. The fraction of sp³-hybridized carbons (Fsp3) is 0.545. The van der Waals surface area contributed by atoms with Gasteiger partial charge >= 0.3 is 17.9 Å². The van der Waals surface area contributed by atoms with E-state index in [1.54, 1.807) is 26.0 Å². The van der Waals surface area contributed by atoms with E-state index in [1.165, 1.54) is 13.8 Å². The smallest absolute Gasteiger partial charge is 0.351 e. The zero-order valence-electron chi connectivity index (χ0n) is 17.5. The van der Waals surface area contributed by atoms with E-state index in [9.17, 15) is 19.2 Å². The van der Waals surface area contributed by atoms with Crippen LogP contribution in [0.1, 0.15) is 48.0 Å². The van der Waals surface area contributed by atoms with Gasteiger partial charge in [-0.05, 0) is 40.7 Å². The van der Waals surface area contributed by atoms with Crippen molar-refractivity contribution < 1.29 is 33.4 Å². The average Bonchev–Trinajstić information content (AvgIpc) is 3.00. The zero-order chi connectivity index (χ0) is 21.7. The Morgan fingerprint density at radius 2 is 1.90 bits per heavy atom. The Morgan fingerprint density at radius 3 is 2.48 bits per heavy atom. The van der Waals surface area contributed by atoms with Crippen molar-refractivity contribution in [3.05, 3.63) is 34.4 Å². The second kappa shape index (κ2) is 7.28. The molecular weight excluding hydrogens is 376 g/mol. The monoisotopic (exact) mass is 402 g/mol. The molecule has 3 rings (SSSR count). The Bertz CT molecular complexity index is 891. The summed E-state index contributed by atoms with van der Waals surface area (Å²) in [6.07, 6.45) is 1.85. The molecular formula is C22H26O7. The molecule has 2 aliphatic carbocycles. The number of hydrogen-bond acceptors (Lipinski definition) is 7. The molecule has 1 heterocycles. The molecule has 3 aliphatic rings. The molecule has 29 heavy (non-hydrogen) atoms. The molecule has 0 aromatic carbocycles. The van der Waals surface area contributed by atoms with Crippen molar-refractivity contribution in [3.8, 4) is 0 Å². The molecule has 1 fully saturated rings. The van der Waals surface area contributed by atoms with Crippen LogP contribution in [0.25, 0.3) is 0 Å². The summed E-state index contributed by atoms with van der Waals surface area (Å²) in [5.74, 6) is -3.18. The van der Waals surface area contributed by atoms with Gasteiger partial charge in [0.15, 0.2) is 5.78 Å². The van der Waals surface area contributed by atoms with Gasteiger partial charge in [0.1, 0.15) is 12.2 Å². The van der Waals surface area contributed by atoms with E-state index in [1.807, 2.05) is 13.8 Å². The molecule has 1 saturated heterocycles. The van der Waals surface area contributed by atoms with Crippen molar-refractivity contribution in [2.24, 2.45) is 11.8 Å². The SMILES string of the molecule is CC=C(C)C(=O)OC1(C)C(=O)OC2C3C(C)=CC(=O)C3=C(C)CC(OC(C)=O)C21. The van der Waals surface area contributed by atoms with E-state index in [2.05, 4.69) is 0 Å². The van der Waals surface area contributed by atoms with Crippen LogP contribution < -0.4 is 0 Å². The third-order valence-electron chi connectivity index (χ3n) is 6.14. The van der Waals surface area contributed by atoms with Gasteiger partial charge in [-0.2, -0.15) is 0 Å². The number of fused-ring (bicyclic) bond motifs is 3. The van der Waals surface area contributed by atoms with Crippen LogP contribution in [0.15, 0.2) is 34.4 Å². The van der Waals surface area contributed by atoms with Gasteiger partial charge < -0.3 is 14.2 Å². The van der Waals surface area contributed by atoms with Crippen LogP contribution in [0.4, 0.5) is 0 Å². The minimum absolute atomic E-state index is 0.126. The first-order valence-corrected chi connectivity index (χ1v) is 9.68. The number of esters is 3. The van der Waals surface area contributed by atoms with Gasteiger partial charge in [0.25, 0.3) is 0 Å². The van der Waals surface area contributed by atoms with Gasteiger partial charge in [-0.1, -0.05) is 17.2 Å². The molecule has 0 aromatic heterocycles. The summed E-state index contributed by atoms with van der Waals surface area (Å²) in [5.41, 5.74) is 0.828. The molecule has 0 amide bonds. The minimum atomic E-state index is -1.65. The summed E-state index contributed by atoms with van der Waals surface area (Å²) in [7, 11) is 0. The van der Waals surface area contributed by atoms with E-state index in [4.69, 9.17) is 14.2 Å². The predicted octanol–water partition coefficient (Wildman–Crippen LogP) is 2.59. The molecule has 0 N–H and O–H groups in total. The summed E-state index contributed by atoms with van der Waals surface area (Å²) >= 11 is 0. The maximum Gasteiger partial charge on any atom is 0.351 e. The number of ether oxygens (including phenoxy) is 3. The second-order valence-corrected chi connectivity index (χ2v) is 8.14. The lowest BCUT2D eigenvalue weighted by molar-refractivity contribution is -0.175. The number of carbonyl (C=O) groups excluding carboxylic acids is 4. The predicted molar refractivity (Wildman–Crippen MR) is 102 cm³/mol. The summed E-state index contributed by atoms with van der Waals surface area (Å²) in [5, 5.41) is 0. The first kappa shape index (κ1) is 21.0. The summed E-state index contributed by atoms with van der Waals surface area (Å²) < 4.78 is 16.9. The normalized spacial score (nSPS) is 34.1. The van der Waals surface area contributed by atoms with Crippen LogP contribution in [0, 0.1) is 11.8 Å². The lowest BCUT2D eigenvalue weighted by Crippen LogP contribution is -2.50. The Morgan fingerprint density at radius 1 is 1.24 bits per heavy atom. The van der Waals surface area contributed by atoms with Crippen molar-refractivity contribution in [3.63, 3.8) is 0 Å². The summed E-state index contributed by atoms with van der Waals surface area (Å²) in [6.45, 7) is 9.69. The minimum Gasteiger partial charge on any atom is -0.462 e. The van der Waals surface area contributed by atoms with Gasteiger partial charge in [-0.25, -0.2) is 9.59 Å². The van der Waals surface area contributed by atoms with Crippen LogP contribution in [0.5, 0.6) is 0 Å². The standard InChI is InChI=1S/C22H26O7/c1-7-10(2)20(25)29-22(6)18-15(27-13(5)23)9-12(4)16-14(24)8-11(3)17(16)19(18)28-21(22)26/h7-8,15,17-19H,9H2,1-6H3. The molecule has 0 saturated carbocycles. The highest BCUT2D eigenvalue weighted by Gasteiger charge is 2.65. The summed E-state index contributed by atoms with van der Waals surface area (Å²) in [6, 6.07) is 0. The zero-order valence-corrected chi connectivity index (χ0v) is 17.5. The maximum atomic E-state index is 12.9. The molecule has 0 spiro atoms. The highest BCUT2D eigenvalue weighted by atomic mass is 16.6. The Labute approximate surface area is 169 Å². The van der Waals surface area contributed by atoms with Gasteiger partial charge in [0, 0.05) is 30.4 Å². The average molecular weight is 402 g/mol. The van der Waals surface area contributed by atoms with Crippen LogP contribution >= 0.6 is 0 Å². The highest BCUT2D eigenvalue weighted by Crippen LogP contribution is 2.51. The van der Waals surface area contributed by atoms with Crippen molar-refractivity contribution in [2.75, 3.05) is 0 Å². The van der Waals surface area contributed by atoms with E-state index in [0.717, 1.165) is 11.1 Å². The molecule has 0 aromatic rings.